The molecular formula is C28H31NO8. The standard InChI is InChI=1S/C28H31NO8/c1-32-22-10-16(11-23(33-2)26(22)37-28(31)29-18-6-4-3-5-7-18)24-19-12-21-20(35-14-36-21)9-15(19)8-17-13-34-27(30)25(17)24/h9-12,17-18,24-25H,3-8,13-14H2,1-2H3,(H,29,31)/t17-,24+,25-/m0/s1. The average molecular weight is 510 g/mol. The van der Waals surface area contributed by atoms with Crippen molar-refractivity contribution in [3.8, 4) is 28.7 Å². The lowest BCUT2D eigenvalue weighted by molar-refractivity contribution is -0.141. The highest BCUT2D eigenvalue weighted by Gasteiger charge is 2.48. The number of hydrogen-bond acceptors (Lipinski definition) is 8. The molecule has 9 heteroatoms. The normalized spacial score (nSPS) is 24.1. The van der Waals surface area contributed by atoms with Crippen LogP contribution in [0.15, 0.2) is 24.3 Å². The van der Waals surface area contributed by atoms with Crippen LogP contribution >= 0.6 is 0 Å². The van der Waals surface area contributed by atoms with Gasteiger partial charge in [-0.1, -0.05) is 19.3 Å². The van der Waals surface area contributed by atoms with Crippen LogP contribution in [0.1, 0.15) is 54.7 Å². The number of rotatable bonds is 5. The Bertz CT molecular complexity index is 1200. The highest BCUT2D eigenvalue weighted by Crippen LogP contribution is 2.52. The molecule has 0 radical (unpaired) electrons. The molecule has 1 N–H and O–H groups in total. The summed E-state index contributed by atoms with van der Waals surface area (Å²) in [5.41, 5.74) is 2.89. The number of ether oxygens (including phenoxy) is 6. The fourth-order valence-corrected chi connectivity index (χ4v) is 6.22. The average Bonchev–Trinajstić information content (AvgIpc) is 3.52. The van der Waals surface area contributed by atoms with Crippen LogP contribution in [0, 0.1) is 11.8 Å². The van der Waals surface area contributed by atoms with Crippen molar-refractivity contribution < 1.29 is 38.0 Å². The summed E-state index contributed by atoms with van der Waals surface area (Å²) >= 11 is 0. The smallest absolute Gasteiger partial charge is 0.413 e. The molecule has 6 rings (SSSR count). The SMILES string of the molecule is COc1cc([C@@H]2c3cc4c(cc3C[C@H]3COC(=O)[C@@H]32)OCO4)cc(OC)c1OC(=O)NC1CCCCC1. The largest absolute Gasteiger partial charge is 0.493 e. The van der Waals surface area contributed by atoms with Gasteiger partial charge in [-0.2, -0.15) is 0 Å². The quantitative estimate of drug-likeness (QED) is 0.595. The maximum absolute atomic E-state index is 12.9. The molecule has 9 nitrogen and oxygen atoms in total. The third-order valence-electron chi connectivity index (χ3n) is 7.99. The second-order valence-electron chi connectivity index (χ2n) is 10.1. The molecule has 2 aromatic carbocycles. The van der Waals surface area contributed by atoms with E-state index in [0.717, 1.165) is 48.8 Å². The van der Waals surface area contributed by atoms with Gasteiger partial charge >= 0.3 is 12.1 Å². The van der Waals surface area contributed by atoms with Crippen molar-refractivity contribution in [2.75, 3.05) is 27.6 Å². The summed E-state index contributed by atoms with van der Waals surface area (Å²) in [6.07, 6.45) is 5.46. The van der Waals surface area contributed by atoms with Gasteiger partial charge in [0.1, 0.15) is 0 Å². The summed E-state index contributed by atoms with van der Waals surface area (Å²) in [5, 5.41) is 2.96. The van der Waals surface area contributed by atoms with Crippen molar-refractivity contribution in [3.63, 3.8) is 0 Å². The van der Waals surface area contributed by atoms with E-state index in [1.165, 1.54) is 20.6 Å². The Morgan fingerprint density at radius 2 is 1.65 bits per heavy atom. The molecular weight excluding hydrogens is 478 g/mol. The molecule has 2 aliphatic carbocycles. The van der Waals surface area contributed by atoms with E-state index in [0.29, 0.717) is 29.6 Å². The molecule has 4 aliphatic rings. The molecule has 2 aliphatic heterocycles. The highest BCUT2D eigenvalue weighted by molar-refractivity contribution is 5.79. The van der Waals surface area contributed by atoms with Crippen LogP contribution in [-0.2, 0) is 16.0 Å². The van der Waals surface area contributed by atoms with Gasteiger partial charge in [-0.25, -0.2) is 4.79 Å². The molecule has 0 aromatic heterocycles. The van der Waals surface area contributed by atoms with E-state index >= 15 is 0 Å². The van der Waals surface area contributed by atoms with Crippen LogP contribution in [0.25, 0.3) is 0 Å². The van der Waals surface area contributed by atoms with Gasteiger partial charge < -0.3 is 33.7 Å². The molecule has 3 atom stereocenters. The number of nitrogens with one attached hydrogen (secondary N) is 1. The van der Waals surface area contributed by atoms with Gasteiger partial charge in [-0.3, -0.25) is 4.79 Å². The van der Waals surface area contributed by atoms with Crippen LogP contribution in [0.3, 0.4) is 0 Å². The summed E-state index contributed by atoms with van der Waals surface area (Å²) in [6, 6.07) is 7.71. The number of cyclic esters (lactones) is 1. The zero-order valence-electron chi connectivity index (χ0n) is 21.0. The van der Waals surface area contributed by atoms with Crippen molar-refractivity contribution >= 4 is 12.1 Å². The number of methoxy groups -OCH3 is 2. The fourth-order valence-electron chi connectivity index (χ4n) is 6.22. The van der Waals surface area contributed by atoms with E-state index in [1.807, 2.05) is 24.3 Å². The minimum Gasteiger partial charge on any atom is -0.493 e. The number of fused-ring (bicyclic) bond motifs is 3. The van der Waals surface area contributed by atoms with Gasteiger partial charge in [0.15, 0.2) is 23.0 Å². The van der Waals surface area contributed by atoms with E-state index in [-0.39, 0.29) is 42.3 Å². The number of hydrogen-bond donors (Lipinski definition) is 1. The number of esters is 1. The lowest BCUT2D eigenvalue weighted by Crippen LogP contribution is -2.38. The van der Waals surface area contributed by atoms with Crippen molar-refractivity contribution in [2.24, 2.45) is 11.8 Å². The van der Waals surface area contributed by atoms with E-state index in [2.05, 4.69) is 5.32 Å². The van der Waals surface area contributed by atoms with Crippen LogP contribution in [0.5, 0.6) is 28.7 Å². The molecule has 37 heavy (non-hydrogen) atoms. The molecule has 0 bridgehead atoms. The Labute approximate surface area is 215 Å². The molecule has 0 unspecified atom stereocenters. The van der Waals surface area contributed by atoms with Gasteiger partial charge in [0.2, 0.25) is 12.5 Å². The first-order valence-electron chi connectivity index (χ1n) is 12.9. The fraction of sp³-hybridized carbons (Fsp3) is 0.500. The van der Waals surface area contributed by atoms with Crippen molar-refractivity contribution in [2.45, 2.75) is 50.5 Å². The Balaban J connectivity index is 1.37. The maximum atomic E-state index is 12.9. The minimum absolute atomic E-state index is 0.0413. The molecule has 2 fully saturated rings. The van der Waals surface area contributed by atoms with E-state index in [1.54, 1.807) is 0 Å². The summed E-state index contributed by atoms with van der Waals surface area (Å²) in [6.45, 7) is 0.555. The molecule has 2 heterocycles. The zero-order chi connectivity index (χ0) is 25.5. The van der Waals surface area contributed by atoms with Crippen molar-refractivity contribution in [3.05, 3.63) is 41.0 Å². The first-order chi connectivity index (χ1) is 18.1. The van der Waals surface area contributed by atoms with Gasteiger partial charge in [0.25, 0.3) is 0 Å². The maximum Gasteiger partial charge on any atom is 0.413 e. The Morgan fingerprint density at radius 1 is 0.946 bits per heavy atom. The summed E-state index contributed by atoms with van der Waals surface area (Å²) in [5.74, 6) is 1.43. The third-order valence-corrected chi connectivity index (χ3v) is 7.99. The monoisotopic (exact) mass is 509 g/mol. The van der Waals surface area contributed by atoms with Crippen LogP contribution in [0.4, 0.5) is 4.79 Å². The molecule has 1 saturated carbocycles. The first-order valence-corrected chi connectivity index (χ1v) is 12.9. The number of amides is 1. The number of benzene rings is 2. The summed E-state index contributed by atoms with van der Waals surface area (Å²) < 4.78 is 33.8. The Kier molecular flexibility index (Phi) is 6.22. The molecule has 0 spiro atoms. The zero-order valence-corrected chi connectivity index (χ0v) is 21.0. The van der Waals surface area contributed by atoms with Gasteiger partial charge in [0, 0.05) is 17.9 Å². The Morgan fingerprint density at radius 3 is 2.35 bits per heavy atom. The number of carbonyl (C=O) groups is 2. The van der Waals surface area contributed by atoms with E-state index in [4.69, 9.17) is 28.4 Å². The van der Waals surface area contributed by atoms with Crippen LogP contribution in [0.2, 0.25) is 0 Å². The van der Waals surface area contributed by atoms with Gasteiger partial charge in [0.05, 0.1) is 26.7 Å². The second kappa shape index (κ2) is 9.68. The lowest BCUT2D eigenvalue weighted by atomic mass is 9.67. The summed E-state index contributed by atoms with van der Waals surface area (Å²) in [7, 11) is 3.04. The first kappa shape index (κ1) is 23.8. The molecule has 1 amide bonds. The van der Waals surface area contributed by atoms with Crippen molar-refractivity contribution in [1.82, 2.24) is 5.32 Å². The highest BCUT2D eigenvalue weighted by atomic mass is 16.7. The second-order valence-corrected chi connectivity index (χ2v) is 10.1. The van der Waals surface area contributed by atoms with Crippen LogP contribution in [-0.4, -0.2) is 45.7 Å². The minimum atomic E-state index is -0.536. The van der Waals surface area contributed by atoms with Gasteiger partial charge in [-0.05, 0) is 60.2 Å². The molecule has 2 aromatic rings. The van der Waals surface area contributed by atoms with E-state index < -0.39 is 6.09 Å². The predicted molar refractivity (Wildman–Crippen MR) is 132 cm³/mol. The predicted octanol–water partition coefficient (Wildman–Crippen LogP) is 4.33. The van der Waals surface area contributed by atoms with E-state index in [9.17, 15) is 9.59 Å². The van der Waals surface area contributed by atoms with Crippen molar-refractivity contribution in [1.29, 1.82) is 0 Å². The lowest BCUT2D eigenvalue weighted by Gasteiger charge is -2.34. The molecule has 196 valence electrons. The topological polar surface area (TPSA) is 102 Å². The Hall–Kier alpha value is -3.62. The molecule has 1 saturated heterocycles. The third kappa shape index (κ3) is 4.30. The summed E-state index contributed by atoms with van der Waals surface area (Å²) in [4.78, 5) is 25.7. The van der Waals surface area contributed by atoms with Crippen LogP contribution < -0.4 is 29.0 Å². The number of carbonyl (C=O) groups excluding carboxylic acids is 2. The van der Waals surface area contributed by atoms with Gasteiger partial charge in [-0.15, -0.1) is 0 Å².